The first-order chi connectivity index (χ1) is 12.1. The van der Waals surface area contributed by atoms with Gasteiger partial charge in [0.1, 0.15) is 0 Å². The van der Waals surface area contributed by atoms with E-state index in [0.717, 1.165) is 15.8 Å². The number of carbonyl (C=O) groups is 1. The van der Waals surface area contributed by atoms with Gasteiger partial charge in [-0.3, -0.25) is 4.79 Å². The van der Waals surface area contributed by atoms with Crippen LogP contribution in [0.15, 0.2) is 58.2 Å². The molecule has 0 aliphatic carbocycles. The highest BCUT2D eigenvalue weighted by atomic mass is 79.9. The van der Waals surface area contributed by atoms with E-state index in [2.05, 4.69) is 36.8 Å². The Morgan fingerprint density at radius 1 is 1.16 bits per heavy atom. The number of hydrogen-bond donors (Lipinski definition) is 1. The molecule has 0 fully saturated rings. The van der Waals surface area contributed by atoms with E-state index in [4.69, 9.17) is 11.6 Å². The van der Waals surface area contributed by atoms with Gasteiger partial charge in [0.15, 0.2) is 0 Å². The van der Waals surface area contributed by atoms with E-state index >= 15 is 0 Å². The van der Waals surface area contributed by atoms with Gasteiger partial charge in [-0.05, 0) is 59.0 Å². The van der Waals surface area contributed by atoms with Crippen LogP contribution in [0.5, 0.6) is 0 Å². The second kappa shape index (κ2) is 8.46. The van der Waals surface area contributed by atoms with Crippen LogP contribution in [0.25, 0.3) is 5.69 Å². The molecule has 3 rings (SSSR count). The molecule has 0 aliphatic heterocycles. The van der Waals surface area contributed by atoms with E-state index < -0.39 is 0 Å². The maximum Gasteiger partial charge on any atom is 0.225 e. The van der Waals surface area contributed by atoms with Crippen molar-refractivity contribution in [3.8, 4) is 5.69 Å². The monoisotopic (exact) mass is 437 g/mol. The lowest BCUT2D eigenvalue weighted by atomic mass is 10.3. The van der Waals surface area contributed by atoms with Crippen molar-refractivity contribution in [1.29, 1.82) is 0 Å². The Hall–Kier alpha value is -1.90. The standard InChI is InChI=1S/C16H13BrClN5OS/c17-11-1-7-14(8-2-11)23-16(20-21-22-23)25-10-9-15(24)19-13-5-3-12(18)4-6-13/h1-8H,9-10H2,(H,19,24). The summed E-state index contributed by atoms with van der Waals surface area (Å²) in [6.45, 7) is 0. The molecule has 1 heterocycles. The van der Waals surface area contributed by atoms with Gasteiger partial charge in [-0.25, -0.2) is 0 Å². The fourth-order valence-electron chi connectivity index (χ4n) is 2.00. The van der Waals surface area contributed by atoms with E-state index in [0.29, 0.717) is 22.4 Å². The molecular formula is C16H13BrClN5OS. The lowest BCUT2D eigenvalue weighted by Crippen LogP contribution is -2.12. The first-order valence-electron chi connectivity index (χ1n) is 7.34. The summed E-state index contributed by atoms with van der Waals surface area (Å²) in [5.74, 6) is 0.494. The van der Waals surface area contributed by atoms with Crippen molar-refractivity contribution >= 4 is 50.9 Å². The average molecular weight is 439 g/mol. The van der Waals surface area contributed by atoms with Gasteiger partial charge in [-0.1, -0.05) is 39.3 Å². The molecule has 0 spiro atoms. The van der Waals surface area contributed by atoms with E-state index in [-0.39, 0.29) is 5.91 Å². The van der Waals surface area contributed by atoms with Crippen LogP contribution in [-0.2, 0) is 4.79 Å². The minimum absolute atomic E-state index is 0.0718. The fraction of sp³-hybridized carbons (Fsp3) is 0.125. The zero-order valence-electron chi connectivity index (χ0n) is 12.9. The molecule has 0 aliphatic rings. The quantitative estimate of drug-likeness (QED) is 0.584. The van der Waals surface area contributed by atoms with Crippen LogP contribution in [0.4, 0.5) is 5.69 Å². The number of carbonyl (C=O) groups excluding carboxylic acids is 1. The smallest absolute Gasteiger partial charge is 0.225 e. The molecule has 25 heavy (non-hydrogen) atoms. The topological polar surface area (TPSA) is 72.7 Å². The van der Waals surface area contributed by atoms with Crippen LogP contribution in [0.2, 0.25) is 5.02 Å². The molecule has 9 heteroatoms. The number of aromatic nitrogens is 4. The number of nitrogens with one attached hydrogen (secondary N) is 1. The predicted molar refractivity (Wildman–Crippen MR) is 102 cm³/mol. The molecule has 0 unspecified atom stereocenters. The second-order valence-corrected chi connectivity index (χ2v) is 7.42. The van der Waals surface area contributed by atoms with Crippen LogP contribution in [0.3, 0.4) is 0 Å². The summed E-state index contributed by atoms with van der Waals surface area (Å²) in [6, 6.07) is 14.7. The molecule has 0 saturated carbocycles. The zero-order valence-corrected chi connectivity index (χ0v) is 16.1. The maximum absolute atomic E-state index is 12.0. The third-order valence-electron chi connectivity index (χ3n) is 3.20. The number of thioether (sulfide) groups is 1. The Kier molecular flexibility index (Phi) is 6.06. The number of nitrogens with zero attached hydrogens (tertiary/aromatic N) is 4. The van der Waals surface area contributed by atoms with Crippen molar-refractivity contribution in [2.75, 3.05) is 11.1 Å². The summed E-state index contributed by atoms with van der Waals surface area (Å²) < 4.78 is 2.63. The van der Waals surface area contributed by atoms with Crippen LogP contribution in [0, 0.1) is 0 Å². The van der Waals surface area contributed by atoms with Gasteiger partial charge in [0, 0.05) is 27.4 Å². The summed E-state index contributed by atoms with van der Waals surface area (Å²) in [5, 5.41) is 15.8. The minimum Gasteiger partial charge on any atom is -0.326 e. The van der Waals surface area contributed by atoms with E-state index in [1.165, 1.54) is 11.8 Å². The van der Waals surface area contributed by atoms with E-state index in [9.17, 15) is 4.79 Å². The molecule has 2 aromatic carbocycles. The molecule has 0 bridgehead atoms. The molecule has 0 atom stereocenters. The van der Waals surface area contributed by atoms with E-state index in [1.54, 1.807) is 28.9 Å². The van der Waals surface area contributed by atoms with Crippen molar-refractivity contribution < 1.29 is 4.79 Å². The molecule has 6 nitrogen and oxygen atoms in total. The number of anilines is 1. The third-order valence-corrected chi connectivity index (χ3v) is 4.90. The highest BCUT2D eigenvalue weighted by molar-refractivity contribution is 9.10. The Balaban J connectivity index is 1.54. The van der Waals surface area contributed by atoms with Gasteiger partial charge in [-0.2, -0.15) is 4.68 Å². The highest BCUT2D eigenvalue weighted by Gasteiger charge is 2.10. The fourth-order valence-corrected chi connectivity index (χ4v) is 3.22. The van der Waals surface area contributed by atoms with Crippen LogP contribution < -0.4 is 5.32 Å². The molecule has 0 radical (unpaired) electrons. The van der Waals surface area contributed by atoms with Crippen molar-refractivity contribution in [3.05, 3.63) is 58.0 Å². The molecule has 1 aromatic heterocycles. The number of rotatable bonds is 6. The summed E-state index contributed by atoms with van der Waals surface area (Å²) in [7, 11) is 0. The lowest BCUT2D eigenvalue weighted by Gasteiger charge is -2.06. The SMILES string of the molecule is O=C(CCSc1nnnn1-c1ccc(Br)cc1)Nc1ccc(Cl)cc1. The molecule has 128 valence electrons. The Bertz CT molecular complexity index is 854. The normalized spacial score (nSPS) is 10.6. The summed E-state index contributed by atoms with van der Waals surface area (Å²) in [4.78, 5) is 12.0. The van der Waals surface area contributed by atoms with Gasteiger partial charge >= 0.3 is 0 Å². The van der Waals surface area contributed by atoms with Gasteiger partial charge in [0.25, 0.3) is 0 Å². The minimum atomic E-state index is -0.0718. The predicted octanol–water partition coefficient (Wildman–Crippen LogP) is 4.20. The largest absolute Gasteiger partial charge is 0.326 e. The number of amides is 1. The lowest BCUT2D eigenvalue weighted by molar-refractivity contribution is -0.115. The van der Waals surface area contributed by atoms with Crippen LogP contribution in [-0.4, -0.2) is 31.9 Å². The first kappa shape index (κ1) is 17.9. The van der Waals surface area contributed by atoms with E-state index in [1.807, 2.05) is 24.3 Å². The molecular weight excluding hydrogens is 426 g/mol. The zero-order chi connectivity index (χ0) is 17.6. The first-order valence-corrected chi connectivity index (χ1v) is 9.50. The van der Waals surface area contributed by atoms with Gasteiger partial charge in [0.05, 0.1) is 5.69 Å². The third kappa shape index (κ3) is 5.04. The van der Waals surface area contributed by atoms with Crippen LogP contribution in [0.1, 0.15) is 6.42 Å². The van der Waals surface area contributed by atoms with Gasteiger partial charge in [0.2, 0.25) is 11.1 Å². The summed E-state index contributed by atoms with van der Waals surface area (Å²) >= 11 is 10.6. The maximum atomic E-state index is 12.0. The average Bonchev–Trinajstić information content (AvgIpc) is 3.06. The Morgan fingerprint density at radius 2 is 1.88 bits per heavy atom. The Labute approximate surface area is 162 Å². The van der Waals surface area contributed by atoms with Gasteiger partial charge in [-0.15, -0.1) is 5.10 Å². The number of benzene rings is 2. The molecule has 3 aromatic rings. The number of hydrogen-bond acceptors (Lipinski definition) is 5. The van der Waals surface area contributed by atoms with Crippen molar-refractivity contribution in [2.24, 2.45) is 0 Å². The Morgan fingerprint density at radius 3 is 2.60 bits per heavy atom. The van der Waals surface area contributed by atoms with Crippen molar-refractivity contribution in [2.45, 2.75) is 11.6 Å². The van der Waals surface area contributed by atoms with Crippen molar-refractivity contribution in [3.63, 3.8) is 0 Å². The molecule has 1 N–H and O–H groups in total. The second-order valence-electron chi connectivity index (χ2n) is 5.00. The van der Waals surface area contributed by atoms with Crippen LogP contribution >= 0.6 is 39.3 Å². The number of tetrazole rings is 1. The van der Waals surface area contributed by atoms with Gasteiger partial charge < -0.3 is 5.32 Å². The number of halogens is 2. The van der Waals surface area contributed by atoms with Crippen molar-refractivity contribution in [1.82, 2.24) is 20.2 Å². The summed E-state index contributed by atoms with van der Waals surface area (Å²) in [6.07, 6.45) is 0.348. The summed E-state index contributed by atoms with van der Waals surface area (Å²) in [5.41, 5.74) is 1.58. The molecule has 0 saturated heterocycles. The highest BCUT2D eigenvalue weighted by Crippen LogP contribution is 2.21. The molecule has 1 amide bonds.